The van der Waals surface area contributed by atoms with Gasteiger partial charge in [-0.15, -0.1) is 0 Å². The van der Waals surface area contributed by atoms with Crippen molar-refractivity contribution in [1.82, 2.24) is 19.7 Å². The molecule has 2 aromatic heterocycles. The van der Waals surface area contributed by atoms with E-state index in [1.165, 1.54) is 0 Å². The van der Waals surface area contributed by atoms with Gasteiger partial charge in [0.1, 0.15) is 5.82 Å². The van der Waals surface area contributed by atoms with E-state index < -0.39 is 0 Å². The summed E-state index contributed by atoms with van der Waals surface area (Å²) in [6.07, 6.45) is 2.94. The summed E-state index contributed by atoms with van der Waals surface area (Å²) in [6.45, 7) is 9.11. The molecule has 5 nitrogen and oxygen atoms in total. The van der Waals surface area contributed by atoms with Crippen molar-refractivity contribution in [3.63, 3.8) is 0 Å². The zero-order chi connectivity index (χ0) is 14.0. The molecule has 2 aromatic rings. The van der Waals surface area contributed by atoms with Crippen LogP contribution < -0.4 is 5.32 Å². The van der Waals surface area contributed by atoms with E-state index in [4.69, 9.17) is 0 Å². The quantitative estimate of drug-likeness (QED) is 0.917. The van der Waals surface area contributed by atoms with Gasteiger partial charge in [-0.1, -0.05) is 6.92 Å². The highest BCUT2D eigenvalue weighted by Crippen LogP contribution is 2.24. The molecule has 0 radical (unpaired) electrons. The third-order valence-electron chi connectivity index (χ3n) is 3.25. The second-order valence-corrected chi connectivity index (χ2v) is 4.82. The van der Waals surface area contributed by atoms with Crippen molar-refractivity contribution >= 4 is 5.82 Å². The summed E-state index contributed by atoms with van der Waals surface area (Å²) in [5, 5.41) is 7.76. The second kappa shape index (κ2) is 5.38. The highest BCUT2D eigenvalue weighted by Gasteiger charge is 2.15. The zero-order valence-corrected chi connectivity index (χ0v) is 12.3. The van der Waals surface area contributed by atoms with Gasteiger partial charge in [0.15, 0.2) is 5.82 Å². The fraction of sp³-hybridized carbons (Fsp3) is 0.500. The normalized spacial score (nSPS) is 10.8. The van der Waals surface area contributed by atoms with Crippen molar-refractivity contribution in [3.8, 4) is 11.4 Å². The molecular weight excluding hydrogens is 238 g/mol. The Bertz CT molecular complexity index is 586. The van der Waals surface area contributed by atoms with Crippen LogP contribution in [0.1, 0.15) is 30.3 Å². The van der Waals surface area contributed by atoms with Gasteiger partial charge in [-0.05, 0) is 27.2 Å². The molecule has 0 bridgehead atoms. The highest BCUT2D eigenvalue weighted by molar-refractivity contribution is 5.63. The smallest absolute Gasteiger partial charge is 0.165 e. The molecule has 5 heteroatoms. The fourth-order valence-electron chi connectivity index (χ4n) is 2.08. The van der Waals surface area contributed by atoms with Crippen LogP contribution in [0.3, 0.4) is 0 Å². The van der Waals surface area contributed by atoms with Crippen LogP contribution >= 0.6 is 0 Å². The topological polar surface area (TPSA) is 55.6 Å². The van der Waals surface area contributed by atoms with Gasteiger partial charge < -0.3 is 5.32 Å². The van der Waals surface area contributed by atoms with Crippen molar-refractivity contribution in [3.05, 3.63) is 23.1 Å². The first-order valence-corrected chi connectivity index (χ1v) is 6.62. The van der Waals surface area contributed by atoms with E-state index in [0.717, 1.165) is 47.1 Å². The number of aromatic nitrogens is 4. The van der Waals surface area contributed by atoms with Crippen LogP contribution in [-0.4, -0.2) is 26.3 Å². The lowest BCUT2D eigenvalue weighted by Gasteiger charge is -2.09. The van der Waals surface area contributed by atoms with Crippen LogP contribution in [0.2, 0.25) is 0 Å². The molecule has 0 aliphatic carbocycles. The maximum atomic E-state index is 4.64. The molecule has 0 saturated heterocycles. The Morgan fingerprint density at radius 3 is 2.58 bits per heavy atom. The fourth-order valence-corrected chi connectivity index (χ4v) is 2.08. The average molecular weight is 259 g/mol. The molecule has 102 valence electrons. The minimum Gasteiger partial charge on any atom is -0.370 e. The van der Waals surface area contributed by atoms with E-state index in [-0.39, 0.29) is 0 Å². The predicted molar refractivity (Wildman–Crippen MR) is 77.2 cm³/mol. The van der Waals surface area contributed by atoms with Gasteiger partial charge in [-0.3, -0.25) is 4.68 Å². The van der Waals surface area contributed by atoms with Crippen LogP contribution in [0, 0.1) is 20.8 Å². The SMILES string of the molecule is CCCNc1nc(-c2c(C)nn(C)c2C)ncc1C. The standard InChI is InChI=1S/C14H21N5/c1-6-7-15-13-9(2)8-16-14(17-13)12-10(3)18-19(5)11(12)4/h8H,6-7H2,1-5H3,(H,15,16,17). The first-order chi connectivity index (χ1) is 9.04. The molecule has 1 N–H and O–H groups in total. The Balaban J connectivity index is 2.45. The molecule has 0 fully saturated rings. The first-order valence-electron chi connectivity index (χ1n) is 6.62. The van der Waals surface area contributed by atoms with Crippen molar-refractivity contribution in [2.75, 3.05) is 11.9 Å². The van der Waals surface area contributed by atoms with E-state index in [0.29, 0.717) is 0 Å². The zero-order valence-electron chi connectivity index (χ0n) is 12.3. The number of rotatable bonds is 4. The van der Waals surface area contributed by atoms with Crippen LogP contribution in [0.5, 0.6) is 0 Å². The van der Waals surface area contributed by atoms with Gasteiger partial charge in [0.25, 0.3) is 0 Å². The molecule has 0 spiro atoms. The molecule has 0 aromatic carbocycles. The summed E-state index contributed by atoms with van der Waals surface area (Å²) in [5.41, 5.74) is 4.14. The second-order valence-electron chi connectivity index (χ2n) is 4.82. The predicted octanol–water partition coefficient (Wildman–Crippen LogP) is 2.62. The Hall–Kier alpha value is -1.91. The van der Waals surface area contributed by atoms with Gasteiger partial charge in [0.2, 0.25) is 0 Å². The van der Waals surface area contributed by atoms with Crippen LogP contribution in [0.4, 0.5) is 5.82 Å². The lowest BCUT2D eigenvalue weighted by atomic mass is 10.2. The number of aryl methyl sites for hydroxylation is 3. The van der Waals surface area contributed by atoms with Crippen molar-refractivity contribution in [2.45, 2.75) is 34.1 Å². The largest absolute Gasteiger partial charge is 0.370 e. The van der Waals surface area contributed by atoms with Crippen molar-refractivity contribution < 1.29 is 0 Å². The summed E-state index contributed by atoms with van der Waals surface area (Å²) >= 11 is 0. The molecular formula is C14H21N5. The Morgan fingerprint density at radius 1 is 1.26 bits per heavy atom. The summed E-state index contributed by atoms with van der Waals surface area (Å²) in [4.78, 5) is 9.09. The maximum absolute atomic E-state index is 4.64. The van der Waals surface area contributed by atoms with Crippen LogP contribution in [0.15, 0.2) is 6.20 Å². The van der Waals surface area contributed by atoms with Gasteiger partial charge in [-0.2, -0.15) is 5.10 Å². The summed E-state index contributed by atoms with van der Waals surface area (Å²) < 4.78 is 1.87. The molecule has 0 aliphatic rings. The van der Waals surface area contributed by atoms with Gasteiger partial charge >= 0.3 is 0 Å². The lowest BCUT2D eigenvalue weighted by molar-refractivity contribution is 0.731. The summed E-state index contributed by atoms with van der Waals surface area (Å²) in [7, 11) is 1.94. The van der Waals surface area contributed by atoms with E-state index in [9.17, 15) is 0 Å². The maximum Gasteiger partial charge on any atom is 0.165 e. The summed E-state index contributed by atoms with van der Waals surface area (Å²) in [6, 6.07) is 0. The number of nitrogens with one attached hydrogen (secondary N) is 1. The summed E-state index contributed by atoms with van der Waals surface area (Å²) in [5.74, 6) is 1.65. The van der Waals surface area contributed by atoms with Gasteiger partial charge in [0.05, 0.1) is 11.3 Å². The Labute approximate surface area is 114 Å². The third-order valence-corrected chi connectivity index (χ3v) is 3.25. The number of hydrogen-bond donors (Lipinski definition) is 1. The van der Waals surface area contributed by atoms with Crippen LogP contribution in [-0.2, 0) is 7.05 Å². The van der Waals surface area contributed by atoms with E-state index in [2.05, 4.69) is 27.3 Å². The average Bonchev–Trinajstić information content (AvgIpc) is 2.63. The molecule has 0 aliphatic heterocycles. The third kappa shape index (κ3) is 2.59. The van der Waals surface area contributed by atoms with Crippen molar-refractivity contribution in [2.24, 2.45) is 7.05 Å². The Kier molecular flexibility index (Phi) is 3.83. The highest BCUT2D eigenvalue weighted by atomic mass is 15.3. The molecule has 19 heavy (non-hydrogen) atoms. The number of hydrogen-bond acceptors (Lipinski definition) is 4. The van der Waals surface area contributed by atoms with E-state index >= 15 is 0 Å². The van der Waals surface area contributed by atoms with Gasteiger partial charge in [0, 0.05) is 31.0 Å². The van der Waals surface area contributed by atoms with Crippen LogP contribution in [0.25, 0.3) is 11.4 Å². The minimum absolute atomic E-state index is 0.743. The van der Waals surface area contributed by atoms with Gasteiger partial charge in [-0.25, -0.2) is 9.97 Å². The number of anilines is 1. The Morgan fingerprint density at radius 2 is 2.00 bits per heavy atom. The van der Waals surface area contributed by atoms with E-state index in [1.54, 1.807) is 0 Å². The minimum atomic E-state index is 0.743. The lowest BCUT2D eigenvalue weighted by Crippen LogP contribution is -2.06. The van der Waals surface area contributed by atoms with E-state index in [1.807, 2.05) is 38.7 Å². The van der Waals surface area contributed by atoms with Crippen molar-refractivity contribution in [1.29, 1.82) is 0 Å². The first kappa shape index (κ1) is 13.5. The molecule has 2 rings (SSSR count). The molecule has 0 amide bonds. The number of nitrogens with zero attached hydrogens (tertiary/aromatic N) is 4. The molecule has 0 atom stereocenters. The molecule has 0 unspecified atom stereocenters. The molecule has 0 saturated carbocycles. The molecule has 2 heterocycles. The monoisotopic (exact) mass is 259 g/mol.